The zero-order chi connectivity index (χ0) is 17.3. The minimum atomic E-state index is -2.98. The van der Waals surface area contributed by atoms with Crippen LogP contribution in [0, 0.1) is 0 Å². The number of nitrogens with zero attached hydrogens (tertiary/aromatic N) is 2. The maximum Gasteiger partial charge on any atom is 0.193 e. The molecule has 0 radical (unpaired) electrons. The van der Waals surface area contributed by atoms with Crippen LogP contribution in [0.15, 0.2) is 29.3 Å². The third-order valence-electron chi connectivity index (χ3n) is 3.22. The Morgan fingerprint density at radius 1 is 1.35 bits per heavy atom. The van der Waals surface area contributed by atoms with Crippen LogP contribution in [-0.2, 0) is 9.84 Å². The molecule has 0 fully saturated rings. The fraction of sp³-hybridized carbons (Fsp3) is 0.533. The molecule has 0 aliphatic heterocycles. The molecular weight excluding hydrogens is 338 g/mol. The van der Waals surface area contributed by atoms with Crippen LogP contribution in [0.2, 0.25) is 5.02 Å². The van der Waals surface area contributed by atoms with Crippen molar-refractivity contribution in [2.24, 2.45) is 4.99 Å². The van der Waals surface area contributed by atoms with Crippen molar-refractivity contribution in [2.75, 3.05) is 45.3 Å². The van der Waals surface area contributed by atoms with Crippen molar-refractivity contribution in [1.29, 1.82) is 0 Å². The Labute approximate surface area is 143 Å². The molecule has 0 aromatic heterocycles. The van der Waals surface area contributed by atoms with E-state index in [0.29, 0.717) is 30.7 Å². The molecule has 0 bridgehead atoms. The third-order valence-corrected chi connectivity index (χ3v) is 5.18. The Balaban J connectivity index is 2.36. The number of hydrogen-bond acceptors (Lipinski definition) is 4. The molecule has 8 heteroatoms. The SMILES string of the molecule is CCS(=O)(=O)CCNC(=NC)N(C)CCOc1ccc(Cl)cc1. The van der Waals surface area contributed by atoms with Crippen LogP contribution in [0.25, 0.3) is 0 Å². The van der Waals surface area contributed by atoms with E-state index in [0.717, 1.165) is 5.75 Å². The van der Waals surface area contributed by atoms with Crippen LogP contribution in [0.4, 0.5) is 0 Å². The fourth-order valence-corrected chi connectivity index (χ4v) is 2.61. The highest BCUT2D eigenvalue weighted by Crippen LogP contribution is 2.15. The molecule has 130 valence electrons. The molecule has 0 aliphatic carbocycles. The van der Waals surface area contributed by atoms with Crippen LogP contribution in [-0.4, -0.2) is 64.6 Å². The van der Waals surface area contributed by atoms with E-state index in [2.05, 4.69) is 10.3 Å². The van der Waals surface area contributed by atoms with Gasteiger partial charge in [0, 0.05) is 31.4 Å². The monoisotopic (exact) mass is 361 g/mol. The first kappa shape index (κ1) is 19.6. The molecule has 23 heavy (non-hydrogen) atoms. The third kappa shape index (κ3) is 7.56. The van der Waals surface area contributed by atoms with Gasteiger partial charge in [0.1, 0.15) is 12.4 Å². The van der Waals surface area contributed by atoms with Gasteiger partial charge in [0.2, 0.25) is 0 Å². The van der Waals surface area contributed by atoms with E-state index >= 15 is 0 Å². The molecule has 6 nitrogen and oxygen atoms in total. The lowest BCUT2D eigenvalue weighted by atomic mass is 10.3. The second kappa shape index (κ2) is 9.62. The van der Waals surface area contributed by atoms with E-state index < -0.39 is 9.84 Å². The van der Waals surface area contributed by atoms with E-state index in [9.17, 15) is 8.42 Å². The number of rotatable bonds is 8. The standard InChI is InChI=1S/C15H24ClN3O3S/c1-4-23(20,21)12-9-18-15(17-2)19(3)10-11-22-14-7-5-13(16)6-8-14/h5-8H,4,9-12H2,1-3H3,(H,17,18). The number of aliphatic imine (C=N–C) groups is 1. The van der Waals surface area contributed by atoms with Crippen molar-refractivity contribution in [3.05, 3.63) is 29.3 Å². The molecule has 0 atom stereocenters. The molecule has 0 unspecified atom stereocenters. The lowest BCUT2D eigenvalue weighted by molar-refractivity contribution is 0.281. The van der Waals surface area contributed by atoms with Crippen molar-refractivity contribution in [2.45, 2.75) is 6.92 Å². The molecule has 0 amide bonds. The molecular formula is C15H24ClN3O3S. The maximum absolute atomic E-state index is 11.5. The summed E-state index contributed by atoms with van der Waals surface area (Å²) < 4.78 is 28.6. The van der Waals surface area contributed by atoms with Crippen molar-refractivity contribution < 1.29 is 13.2 Å². The molecule has 0 aliphatic rings. The second-order valence-electron chi connectivity index (χ2n) is 4.93. The summed E-state index contributed by atoms with van der Waals surface area (Å²) in [4.78, 5) is 6.02. The van der Waals surface area contributed by atoms with Gasteiger partial charge in [-0.2, -0.15) is 0 Å². The number of hydrogen-bond donors (Lipinski definition) is 1. The zero-order valence-electron chi connectivity index (χ0n) is 13.8. The highest BCUT2D eigenvalue weighted by molar-refractivity contribution is 7.91. The number of sulfone groups is 1. The average molecular weight is 362 g/mol. The topological polar surface area (TPSA) is 71.0 Å². The lowest BCUT2D eigenvalue weighted by Gasteiger charge is -2.22. The predicted molar refractivity (Wildman–Crippen MR) is 95.3 cm³/mol. The molecule has 0 saturated heterocycles. The van der Waals surface area contributed by atoms with Crippen molar-refractivity contribution in [1.82, 2.24) is 10.2 Å². The Morgan fingerprint density at radius 2 is 2.00 bits per heavy atom. The molecule has 0 saturated carbocycles. The Morgan fingerprint density at radius 3 is 2.57 bits per heavy atom. The summed E-state index contributed by atoms with van der Waals surface area (Å²) in [5.74, 6) is 1.63. The van der Waals surface area contributed by atoms with E-state index in [-0.39, 0.29) is 11.5 Å². The van der Waals surface area contributed by atoms with Crippen LogP contribution in [0.5, 0.6) is 5.75 Å². The number of benzene rings is 1. The van der Waals surface area contributed by atoms with Crippen molar-refractivity contribution in [3.8, 4) is 5.75 Å². The largest absolute Gasteiger partial charge is 0.492 e. The van der Waals surface area contributed by atoms with Gasteiger partial charge >= 0.3 is 0 Å². The van der Waals surface area contributed by atoms with E-state index in [1.54, 1.807) is 26.1 Å². The van der Waals surface area contributed by atoms with Crippen LogP contribution in [0.1, 0.15) is 6.92 Å². The van der Waals surface area contributed by atoms with Crippen LogP contribution in [0.3, 0.4) is 0 Å². The van der Waals surface area contributed by atoms with Gasteiger partial charge in [-0.05, 0) is 24.3 Å². The number of likely N-dealkylation sites (N-methyl/N-ethyl adjacent to an activating group) is 1. The van der Waals surface area contributed by atoms with Gasteiger partial charge in [0.25, 0.3) is 0 Å². The summed E-state index contributed by atoms with van der Waals surface area (Å²) >= 11 is 5.82. The molecule has 1 aromatic rings. The summed E-state index contributed by atoms with van der Waals surface area (Å²) in [7, 11) is 0.553. The smallest absolute Gasteiger partial charge is 0.193 e. The van der Waals surface area contributed by atoms with E-state index in [4.69, 9.17) is 16.3 Å². The lowest BCUT2D eigenvalue weighted by Crippen LogP contribution is -2.42. The number of nitrogens with one attached hydrogen (secondary N) is 1. The van der Waals surface area contributed by atoms with Crippen molar-refractivity contribution in [3.63, 3.8) is 0 Å². The first-order valence-electron chi connectivity index (χ1n) is 7.38. The highest BCUT2D eigenvalue weighted by Gasteiger charge is 2.09. The number of halogens is 1. The van der Waals surface area contributed by atoms with Gasteiger partial charge in [-0.15, -0.1) is 0 Å². The number of ether oxygens (including phenoxy) is 1. The molecule has 0 heterocycles. The first-order chi connectivity index (χ1) is 10.9. The zero-order valence-corrected chi connectivity index (χ0v) is 15.3. The summed E-state index contributed by atoms with van der Waals surface area (Å²) in [6, 6.07) is 7.17. The van der Waals surface area contributed by atoms with Crippen LogP contribution < -0.4 is 10.1 Å². The van der Waals surface area contributed by atoms with E-state index in [1.807, 2.05) is 24.1 Å². The fourth-order valence-electron chi connectivity index (χ4n) is 1.78. The Bertz CT molecular complexity index is 603. The Hall–Kier alpha value is -1.47. The molecule has 1 rings (SSSR count). The van der Waals surface area contributed by atoms with Gasteiger partial charge in [-0.25, -0.2) is 8.42 Å². The Kier molecular flexibility index (Phi) is 8.19. The summed E-state index contributed by atoms with van der Waals surface area (Å²) in [6.45, 7) is 3.07. The maximum atomic E-state index is 11.5. The summed E-state index contributed by atoms with van der Waals surface area (Å²) in [5, 5.41) is 3.71. The minimum Gasteiger partial charge on any atom is -0.492 e. The highest BCUT2D eigenvalue weighted by atomic mass is 35.5. The van der Waals surface area contributed by atoms with Crippen LogP contribution >= 0.6 is 11.6 Å². The molecule has 0 spiro atoms. The van der Waals surface area contributed by atoms with Gasteiger partial charge < -0.3 is 15.0 Å². The summed E-state index contributed by atoms with van der Waals surface area (Å²) in [5.41, 5.74) is 0. The van der Waals surface area contributed by atoms with E-state index in [1.165, 1.54) is 0 Å². The average Bonchev–Trinajstić information content (AvgIpc) is 2.53. The first-order valence-corrected chi connectivity index (χ1v) is 9.58. The van der Waals surface area contributed by atoms with Gasteiger partial charge in [-0.3, -0.25) is 4.99 Å². The molecule has 1 N–H and O–H groups in total. The summed E-state index contributed by atoms with van der Waals surface area (Å²) in [6.07, 6.45) is 0. The normalized spacial score (nSPS) is 12.1. The van der Waals surface area contributed by atoms with Gasteiger partial charge in [0.05, 0.1) is 12.3 Å². The second-order valence-corrected chi connectivity index (χ2v) is 7.84. The quantitative estimate of drug-likeness (QED) is 0.563. The van der Waals surface area contributed by atoms with Gasteiger partial charge in [-0.1, -0.05) is 18.5 Å². The predicted octanol–water partition coefficient (Wildman–Crippen LogP) is 1.66. The molecule has 1 aromatic carbocycles. The minimum absolute atomic E-state index is 0.0949. The van der Waals surface area contributed by atoms with Gasteiger partial charge in [0.15, 0.2) is 15.8 Å². The van der Waals surface area contributed by atoms with Crippen molar-refractivity contribution >= 4 is 27.4 Å². The number of guanidine groups is 1.